The molecule has 0 radical (unpaired) electrons. The fourth-order valence-electron chi connectivity index (χ4n) is 1.75. The summed E-state index contributed by atoms with van der Waals surface area (Å²) in [5.41, 5.74) is 1.77. The minimum Gasteiger partial charge on any atom is -0.465 e. The van der Waals surface area contributed by atoms with Gasteiger partial charge in [0.15, 0.2) is 5.78 Å². The van der Waals surface area contributed by atoms with E-state index in [1.165, 1.54) is 19.3 Å². The monoisotopic (exact) mass is 266 g/mol. The summed E-state index contributed by atoms with van der Waals surface area (Å²) >= 11 is 0. The summed E-state index contributed by atoms with van der Waals surface area (Å²) in [5, 5.41) is 0. The Morgan fingerprint density at radius 1 is 0.950 bits per heavy atom. The summed E-state index contributed by atoms with van der Waals surface area (Å²) in [5.74, 6) is -0.605. The van der Waals surface area contributed by atoms with Crippen LogP contribution in [0.15, 0.2) is 60.7 Å². The summed E-state index contributed by atoms with van der Waals surface area (Å²) in [6.45, 7) is 0. The molecule has 20 heavy (non-hydrogen) atoms. The van der Waals surface area contributed by atoms with Crippen molar-refractivity contribution in [2.75, 3.05) is 7.11 Å². The summed E-state index contributed by atoms with van der Waals surface area (Å²) in [6, 6.07) is 16.0. The van der Waals surface area contributed by atoms with Crippen molar-refractivity contribution in [2.45, 2.75) is 0 Å². The highest BCUT2D eigenvalue weighted by Gasteiger charge is 2.08. The topological polar surface area (TPSA) is 43.4 Å². The van der Waals surface area contributed by atoms with Gasteiger partial charge in [-0.15, -0.1) is 0 Å². The van der Waals surface area contributed by atoms with E-state index in [0.29, 0.717) is 11.1 Å². The van der Waals surface area contributed by atoms with E-state index in [0.717, 1.165) is 5.56 Å². The standard InChI is InChI=1S/C17H14O3/c1-20-17(19)15-9-5-8-14(12-15)16(18)11-10-13-6-3-2-4-7-13/h2-12H,1H3. The molecule has 0 saturated heterocycles. The van der Waals surface area contributed by atoms with E-state index >= 15 is 0 Å². The zero-order valence-electron chi connectivity index (χ0n) is 11.1. The van der Waals surface area contributed by atoms with Gasteiger partial charge in [0.05, 0.1) is 12.7 Å². The lowest BCUT2D eigenvalue weighted by Gasteiger charge is -2.01. The summed E-state index contributed by atoms with van der Waals surface area (Å²) in [4.78, 5) is 23.5. The van der Waals surface area contributed by atoms with Crippen LogP contribution >= 0.6 is 0 Å². The van der Waals surface area contributed by atoms with Crippen LogP contribution in [-0.4, -0.2) is 18.9 Å². The van der Waals surface area contributed by atoms with Gasteiger partial charge < -0.3 is 4.74 Å². The van der Waals surface area contributed by atoms with Crippen molar-refractivity contribution in [2.24, 2.45) is 0 Å². The molecule has 0 N–H and O–H groups in total. The Bertz CT molecular complexity index is 642. The molecule has 0 aliphatic carbocycles. The number of carbonyl (C=O) groups excluding carboxylic acids is 2. The molecule has 3 heteroatoms. The molecule has 0 unspecified atom stereocenters. The van der Waals surface area contributed by atoms with Gasteiger partial charge in [-0.05, 0) is 23.8 Å². The number of ether oxygens (including phenoxy) is 1. The first-order valence-electron chi connectivity index (χ1n) is 6.16. The maximum absolute atomic E-state index is 12.0. The minimum absolute atomic E-state index is 0.153. The summed E-state index contributed by atoms with van der Waals surface area (Å²) in [7, 11) is 1.31. The fourth-order valence-corrected chi connectivity index (χ4v) is 1.75. The van der Waals surface area contributed by atoms with Gasteiger partial charge in [0.2, 0.25) is 0 Å². The minimum atomic E-state index is -0.452. The van der Waals surface area contributed by atoms with Gasteiger partial charge in [0.1, 0.15) is 0 Å². The van der Waals surface area contributed by atoms with Gasteiger partial charge in [-0.25, -0.2) is 4.79 Å². The van der Waals surface area contributed by atoms with Crippen molar-refractivity contribution >= 4 is 17.8 Å². The number of hydrogen-bond donors (Lipinski definition) is 0. The third kappa shape index (κ3) is 3.42. The SMILES string of the molecule is COC(=O)c1cccc(C(=O)C=Cc2ccccc2)c1. The second-order valence-electron chi connectivity index (χ2n) is 4.18. The van der Waals surface area contributed by atoms with Crippen LogP contribution in [0.4, 0.5) is 0 Å². The first-order valence-corrected chi connectivity index (χ1v) is 6.16. The van der Waals surface area contributed by atoms with E-state index in [1.807, 2.05) is 30.3 Å². The second-order valence-corrected chi connectivity index (χ2v) is 4.18. The molecular weight excluding hydrogens is 252 g/mol. The van der Waals surface area contributed by atoms with Crippen molar-refractivity contribution in [1.29, 1.82) is 0 Å². The molecule has 0 amide bonds. The number of allylic oxidation sites excluding steroid dienone is 1. The largest absolute Gasteiger partial charge is 0.465 e. The van der Waals surface area contributed by atoms with Gasteiger partial charge >= 0.3 is 5.97 Å². The molecule has 2 aromatic rings. The predicted molar refractivity (Wildman–Crippen MR) is 77.6 cm³/mol. The average molecular weight is 266 g/mol. The van der Waals surface area contributed by atoms with Crippen LogP contribution in [0, 0.1) is 0 Å². The molecule has 100 valence electrons. The van der Waals surface area contributed by atoms with Gasteiger partial charge in [0, 0.05) is 5.56 Å². The normalized spacial score (nSPS) is 10.4. The predicted octanol–water partition coefficient (Wildman–Crippen LogP) is 3.37. The molecule has 0 aliphatic rings. The number of methoxy groups -OCH3 is 1. The molecule has 0 spiro atoms. The van der Waals surface area contributed by atoms with Gasteiger partial charge in [-0.1, -0.05) is 48.5 Å². The van der Waals surface area contributed by atoms with Crippen LogP contribution < -0.4 is 0 Å². The Balaban J connectivity index is 2.17. The first kappa shape index (κ1) is 13.7. The van der Waals surface area contributed by atoms with E-state index in [2.05, 4.69) is 4.74 Å². The zero-order valence-corrected chi connectivity index (χ0v) is 11.1. The number of esters is 1. The van der Waals surface area contributed by atoms with Crippen LogP contribution in [0.3, 0.4) is 0 Å². The maximum Gasteiger partial charge on any atom is 0.337 e. The summed E-state index contributed by atoms with van der Waals surface area (Å²) in [6.07, 6.45) is 3.23. The molecule has 0 saturated carbocycles. The average Bonchev–Trinajstić information content (AvgIpc) is 2.53. The number of hydrogen-bond acceptors (Lipinski definition) is 3. The third-order valence-electron chi connectivity index (χ3n) is 2.79. The van der Waals surface area contributed by atoms with Crippen molar-refractivity contribution < 1.29 is 14.3 Å². The highest BCUT2D eigenvalue weighted by atomic mass is 16.5. The molecule has 0 bridgehead atoms. The molecule has 2 aromatic carbocycles. The van der Waals surface area contributed by atoms with E-state index < -0.39 is 5.97 Å². The van der Waals surface area contributed by atoms with E-state index in [9.17, 15) is 9.59 Å². The van der Waals surface area contributed by atoms with Gasteiger partial charge in [0.25, 0.3) is 0 Å². The molecule has 2 rings (SSSR count). The highest BCUT2D eigenvalue weighted by molar-refractivity contribution is 6.07. The Labute approximate surface area is 117 Å². The lowest BCUT2D eigenvalue weighted by Crippen LogP contribution is -2.03. The molecule has 3 nitrogen and oxygen atoms in total. The van der Waals surface area contributed by atoms with Crippen LogP contribution in [0.5, 0.6) is 0 Å². The Kier molecular flexibility index (Phi) is 4.45. The molecular formula is C17H14O3. The summed E-state index contributed by atoms with van der Waals surface area (Å²) < 4.78 is 4.63. The number of benzene rings is 2. The van der Waals surface area contributed by atoms with Crippen LogP contribution in [-0.2, 0) is 4.74 Å². The van der Waals surface area contributed by atoms with Crippen LogP contribution in [0.25, 0.3) is 6.08 Å². The van der Waals surface area contributed by atoms with Gasteiger partial charge in [-0.2, -0.15) is 0 Å². The van der Waals surface area contributed by atoms with Crippen molar-refractivity contribution in [3.8, 4) is 0 Å². The van der Waals surface area contributed by atoms with E-state index in [-0.39, 0.29) is 5.78 Å². The Morgan fingerprint density at radius 2 is 1.65 bits per heavy atom. The lowest BCUT2D eigenvalue weighted by molar-refractivity contribution is 0.0600. The highest BCUT2D eigenvalue weighted by Crippen LogP contribution is 2.09. The smallest absolute Gasteiger partial charge is 0.337 e. The van der Waals surface area contributed by atoms with E-state index in [1.54, 1.807) is 24.3 Å². The Morgan fingerprint density at radius 3 is 2.35 bits per heavy atom. The van der Waals surface area contributed by atoms with Gasteiger partial charge in [-0.3, -0.25) is 4.79 Å². The molecule has 0 aromatic heterocycles. The molecule has 0 fully saturated rings. The van der Waals surface area contributed by atoms with Crippen LogP contribution in [0.2, 0.25) is 0 Å². The number of rotatable bonds is 4. The number of ketones is 1. The van der Waals surface area contributed by atoms with Crippen LogP contribution in [0.1, 0.15) is 26.3 Å². The fraction of sp³-hybridized carbons (Fsp3) is 0.0588. The molecule has 0 aliphatic heterocycles. The molecule has 0 heterocycles. The first-order chi connectivity index (χ1) is 9.70. The van der Waals surface area contributed by atoms with Crippen molar-refractivity contribution in [3.63, 3.8) is 0 Å². The lowest BCUT2D eigenvalue weighted by atomic mass is 10.1. The van der Waals surface area contributed by atoms with E-state index in [4.69, 9.17) is 0 Å². The maximum atomic E-state index is 12.0. The quantitative estimate of drug-likeness (QED) is 0.484. The zero-order chi connectivity index (χ0) is 14.4. The van der Waals surface area contributed by atoms with Crippen molar-refractivity contribution in [1.82, 2.24) is 0 Å². The second kappa shape index (κ2) is 6.48. The third-order valence-corrected chi connectivity index (χ3v) is 2.79. The Hall–Kier alpha value is -2.68. The number of carbonyl (C=O) groups is 2. The molecule has 0 atom stereocenters. The van der Waals surface area contributed by atoms with Crippen molar-refractivity contribution in [3.05, 3.63) is 77.4 Å².